The Labute approximate surface area is 130 Å². The molecule has 1 aromatic carbocycles. The van der Waals surface area contributed by atoms with Crippen LogP contribution in [0.15, 0.2) is 30.5 Å². The predicted molar refractivity (Wildman–Crippen MR) is 87.4 cm³/mol. The van der Waals surface area contributed by atoms with E-state index < -0.39 is 0 Å². The molecule has 4 nitrogen and oxygen atoms in total. The molecule has 0 aliphatic rings. The summed E-state index contributed by atoms with van der Waals surface area (Å²) < 4.78 is 2.04. The number of benzene rings is 1. The van der Waals surface area contributed by atoms with Gasteiger partial charge in [0, 0.05) is 18.3 Å². The van der Waals surface area contributed by atoms with Crippen molar-refractivity contribution in [1.82, 2.24) is 14.5 Å². The fraction of sp³-hybridized carbons (Fsp3) is 0.278. The monoisotopic (exact) mass is 290 g/mol. The first kappa shape index (κ1) is 14.3. The summed E-state index contributed by atoms with van der Waals surface area (Å²) in [6.07, 6.45) is 2.29. The van der Waals surface area contributed by atoms with Crippen molar-refractivity contribution in [3.8, 4) is 17.5 Å². The Kier molecular flexibility index (Phi) is 3.64. The minimum absolute atomic E-state index is 0.443. The van der Waals surface area contributed by atoms with Crippen LogP contribution in [0.3, 0.4) is 0 Å². The molecule has 2 aromatic heterocycles. The Morgan fingerprint density at radius 1 is 1.14 bits per heavy atom. The fourth-order valence-electron chi connectivity index (χ4n) is 2.59. The van der Waals surface area contributed by atoms with Gasteiger partial charge in [0.15, 0.2) is 5.65 Å². The molecular formula is C18H18N4. The quantitative estimate of drug-likeness (QED) is 0.734. The van der Waals surface area contributed by atoms with Gasteiger partial charge < -0.3 is 4.57 Å². The van der Waals surface area contributed by atoms with Gasteiger partial charge in [-0.3, -0.25) is 0 Å². The van der Waals surface area contributed by atoms with Gasteiger partial charge >= 0.3 is 0 Å². The summed E-state index contributed by atoms with van der Waals surface area (Å²) in [6, 6.07) is 10.6. The zero-order valence-electron chi connectivity index (χ0n) is 13.1. The van der Waals surface area contributed by atoms with Crippen molar-refractivity contribution >= 4 is 11.2 Å². The SMILES string of the molecule is Cc1cnc2c(c1)nc(-c1ccc(C)c(C)c1)n2CCC#N. The Hall–Kier alpha value is -2.67. The standard InChI is InChI=1S/C18H18N4/c1-12-9-16-18(20-11-12)22(8-4-7-19)17(21-16)15-6-5-13(2)14(3)10-15/h5-6,9-11H,4,8H2,1-3H3. The van der Waals surface area contributed by atoms with Gasteiger partial charge in [-0.2, -0.15) is 5.26 Å². The molecule has 0 aliphatic heterocycles. The third-order valence-corrected chi connectivity index (χ3v) is 3.93. The lowest BCUT2D eigenvalue weighted by molar-refractivity contribution is 0.737. The van der Waals surface area contributed by atoms with E-state index in [2.05, 4.69) is 43.1 Å². The maximum Gasteiger partial charge on any atom is 0.160 e. The number of rotatable bonds is 3. The van der Waals surface area contributed by atoms with E-state index >= 15 is 0 Å². The molecule has 0 aliphatic carbocycles. The highest BCUT2D eigenvalue weighted by atomic mass is 15.1. The molecule has 0 N–H and O–H groups in total. The van der Waals surface area contributed by atoms with Crippen LogP contribution in [-0.4, -0.2) is 14.5 Å². The molecule has 22 heavy (non-hydrogen) atoms. The third kappa shape index (κ3) is 2.46. The van der Waals surface area contributed by atoms with Crippen LogP contribution in [0.25, 0.3) is 22.6 Å². The molecule has 0 unspecified atom stereocenters. The molecule has 110 valence electrons. The minimum atomic E-state index is 0.443. The molecule has 0 saturated heterocycles. The van der Waals surface area contributed by atoms with Crippen LogP contribution in [0.1, 0.15) is 23.1 Å². The number of aryl methyl sites for hydroxylation is 4. The number of nitriles is 1. The van der Waals surface area contributed by atoms with Gasteiger partial charge in [0.1, 0.15) is 11.3 Å². The molecule has 0 amide bonds. The first-order chi connectivity index (χ1) is 10.6. The molecule has 0 spiro atoms. The maximum absolute atomic E-state index is 8.92. The Morgan fingerprint density at radius 2 is 1.95 bits per heavy atom. The van der Waals surface area contributed by atoms with Crippen molar-refractivity contribution in [3.05, 3.63) is 47.2 Å². The average molecular weight is 290 g/mol. The second kappa shape index (κ2) is 5.61. The number of nitrogens with zero attached hydrogens (tertiary/aromatic N) is 4. The Morgan fingerprint density at radius 3 is 2.68 bits per heavy atom. The largest absolute Gasteiger partial charge is 0.308 e. The summed E-state index contributed by atoms with van der Waals surface area (Å²) in [6.45, 7) is 6.81. The summed E-state index contributed by atoms with van der Waals surface area (Å²) in [7, 11) is 0. The summed E-state index contributed by atoms with van der Waals surface area (Å²) in [5, 5.41) is 8.92. The molecule has 3 rings (SSSR count). The number of pyridine rings is 1. The zero-order valence-corrected chi connectivity index (χ0v) is 13.1. The number of fused-ring (bicyclic) bond motifs is 1. The number of aromatic nitrogens is 3. The van der Waals surface area contributed by atoms with Crippen molar-refractivity contribution in [2.24, 2.45) is 0 Å². The van der Waals surface area contributed by atoms with Crippen molar-refractivity contribution in [1.29, 1.82) is 5.26 Å². The molecule has 3 aromatic rings. The van der Waals surface area contributed by atoms with Crippen LogP contribution in [0, 0.1) is 32.1 Å². The molecule has 0 fully saturated rings. The highest BCUT2D eigenvalue weighted by Crippen LogP contribution is 2.26. The van der Waals surface area contributed by atoms with Gasteiger partial charge in [0.25, 0.3) is 0 Å². The smallest absolute Gasteiger partial charge is 0.160 e. The maximum atomic E-state index is 8.92. The highest BCUT2D eigenvalue weighted by molar-refractivity contribution is 5.77. The lowest BCUT2D eigenvalue weighted by Gasteiger charge is -2.08. The Bertz CT molecular complexity index is 884. The van der Waals surface area contributed by atoms with Crippen LogP contribution in [0.4, 0.5) is 0 Å². The van der Waals surface area contributed by atoms with E-state index in [-0.39, 0.29) is 0 Å². The normalized spacial score (nSPS) is 10.8. The van der Waals surface area contributed by atoms with Crippen molar-refractivity contribution in [2.75, 3.05) is 0 Å². The predicted octanol–water partition coefficient (Wildman–Crippen LogP) is 3.94. The second-order valence-corrected chi connectivity index (χ2v) is 5.65. The third-order valence-electron chi connectivity index (χ3n) is 3.93. The van der Waals surface area contributed by atoms with E-state index in [1.54, 1.807) is 0 Å². The van der Waals surface area contributed by atoms with Gasteiger partial charge in [0.05, 0.1) is 12.5 Å². The van der Waals surface area contributed by atoms with Gasteiger partial charge in [0.2, 0.25) is 0 Å². The highest BCUT2D eigenvalue weighted by Gasteiger charge is 2.14. The summed E-state index contributed by atoms with van der Waals surface area (Å²) in [4.78, 5) is 9.27. The lowest BCUT2D eigenvalue weighted by atomic mass is 10.1. The molecular weight excluding hydrogens is 272 g/mol. The first-order valence-corrected chi connectivity index (χ1v) is 7.37. The number of imidazole rings is 1. The van der Waals surface area contributed by atoms with Gasteiger partial charge in [-0.25, -0.2) is 9.97 Å². The van der Waals surface area contributed by atoms with Crippen molar-refractivity contribution in [3.63, 3.8) is 0 Å². The van der Waals surface area contributed by atoms with E-state index in [0.717, 1.165) is 28.1 Å². The van der Waals surface area contributed by atoms with E-state index in [1.165, 1.54) is 11.1 Å². The number of hydrogen-bond acceptors (Lipinski definition) is 3. The fourth-order valence-corrected chi connectivity index (χ4v) is 2.59. The van der Waals surface area contributed by atoms with Gasteiger partial charge in [-0.15, -0.1) is 0 Å². The van der Waals surface area contributed by atoms with Crippen molar-refractivity contribution in [2.45, 2.75) is 33.7 Å². The first-order valence-electron chi connectivity index (χ1n) is 7.37. The van der Waals surface area contributed by atoms with Crippen LogP contribution in [-0.2, 0) is 6.54 Å². The van der Waals surface area contributed by atoms with Crippen LogP contribution in [0.5, 0.6) is 0 Å². The molecule has 0 atom stereocenters. The van der Waals surface area contributed by atoms with Crippen LogP contribution < -0.4 is 0 Å². The summed E-state index contributed by atoms with van der Waals surface area (Å²) in [5.41, 5.74) is 6.37. The van der Waals surface area contributed by atoms with Gasteiger partial charge in [-0.05, 0) is 49.6 Å². The Balaban J connectivity index is 2.22. The van der Waals surface area contributed by atoms with E-state index in [1.807, 2.05) is 23.8 Å². The summed E-state index contributed by atoms with van der Waals surface area (Å²) >= 11 is 0. The second-order valence-electron chi connectivity index (χ2n) is 5.65. The van der Waals surface area contributed by atoms with E-state index in [9.17, 15) is 0 Å². The number of hydrogen-bond donors (Lipinski definition) is 0. The molecule has 2 heterocycles. The molecule has 0 saturated carbocycles. The average Bonchev–Trinajstić information content (AvgIpc) is 2.85. The van der Waals surface area contributed by atoms with Gasteiger partial charge in [-0.1, -0.05) is 12.1 Å². The van der Waals surface area contributed by atoms with Crippen LogP contribution >= 0.6 is 0 Å². The molecule has 0 radical (unpaired) electrons. The topological polar surface area (TPSA) is 54.5 Å². The lowest BCUT2D eigenvalue weighted by Crippen LogP contribution is -2.01. The van der Waals surface area contributed by atoms with Crippen molar-refractivity contribution < 1.29 is 0 Å². The molecule has 4 heteroatoms. The van der Waals surface area contributed by atoms with Crippen LogP contribution in [0.2, 0.25) is 0 Å². The van der Waals surface area contributed by atoms with E-state index in [4.69, 9.17) is 10.2 Å². The zero-order chi connectivity index (χ0) is 15.7. The minimum Gasteiger partial charge on any atom is -0.308 e. The summed E-state index contributed by atoms with van der Waals surface area (Å²) in [5.74, 6) is 0.881. The van der Waals surface area contributed by atoms with E-state index in [0.29, 0.717) is 13.0 Å². The molecule has 0 bridgehead atoms.